The van der Waals surface area contributed by atoms with E-state index in [2.05, 4.69) is 44.9 Å². The standard InChI is InChI=1S/C22H32N4O3S/c1-6-23-22(24-13-17-9-11-18(12-10-17)14-28-7-2)26-16(5)20-25-15(4)19(30-20)21(27)29-8-3/h9-12,16H,6-8,13-14H2,1-5H3,(H2,23,24,26). The van der Waals surface area contributed by atoms with Crippen LogP contribution >= 0.6 is 11.3 Å². The molecule has 2 aromatic rings. The summed E-state index contributed by atoms with van der Waals surface area (Å²) in [6, 6.07) is 8.18. The first-order valence-corrected chi connectivity index (χ1v) is 11.1. The van der Waals surface area contributed by atoms with E-state index in [0.717, 1.165) is 22.7 Å². The predicted octanol–water partition coefficient (Wildman–Crippen LogP) is 3.98. The van der Waals surface area contributed by atoms with Gasteiger partial charge in [-0.3, -0.25) is 0 Å². The van der Waals surface area contributed by atoms with E-state index in [1.807, 2.05) is 27.7 Å². The average molecular weight is 433 g/mol. The average Bonchev–Trinajstić information content (AvgIpc) is 3.13. The van der Waals surface area contributed by atoms with Gasteiger partial charge in [0, 0.05) is 13.2 Å². The number of carbonyl (C=O) groups excluding carboxylic acids is 1. The molecule has 2 rings (SSSR count). The summed E-state index contributed by atoms with van der Waals surface area (Å²) in [6.07, 6.45) is 0. The van der Waals surface area contributed by atoms with Crippen LogP contribution in [0.3, 0.4) is 0 Å². The third-order valence-electron chi connectivity index (χ3n) is 4.26. The number of thiazole rings is 1. The largest absolute Gasteiger partial charge is 0.462 e. The molecule has 8 heteroatoms. The molecule has 1 aromatic heterocycles. The zero-order valence-electron chi connectivity index (χ0n) is 18.4. The molecule has 1 atom stereocenters. The Morgan fingerprint density at radius 2 is 1.87 bits per heavy atom. The summed E-state index contributed by atoms with van der Waals surface area (Å²) in [5.74, 6) is 0.383. The maximum atomic E-state index is 12.1. The van der Waals surface area contributed by atoms with Gasteiger partial charge in [-0.2, -0.15) is 0 Å². The summed E-state index contributed by atoms with van der Waals surface area (Å²) >= 11 is 1.36. The number of aromatic nitrogens is 1. The molecule has 0 saturated heterocycles. The molecule has 164 valence electrons. The van der Waals surface area contributed by atoms with Crippen molar-refractivity contribution in [1.29, 1.82) is 0 Å². The van der Waals surface area contributed by atoms with E-state index in [-0.39, 0.29) is 12.0 Å². The van der Waals surface area contributed by atoms with Crippen molar-refractivity contribution in [3.8, 4) is 0 Å². The minimum absolute atomic E-state index is 0.0942. The Morgan fingerprint density at radius 1 is 1.17 bits per heavy atom. The van der Waals surface area contributed by atoms with Gasteiger partial charge < -0.3 is 20.1 Å². The van der Waals surface area contributed by atoms with E-state index < -0.39 is 0 Å². The highest BCUT2D eigenvalue weighted by molar-refractivity contribution is 7.13. The number of rotatable bonds is 10. The quantitative estimate of drug-likeness (QED) is 0.336. The van der Waals surface area contributed by atoms with Crippen LogP contribution in [-0.2, 0) is 22.6 Å². The molecule has 0 aliphatic carbocycles. The third-order valence-corrected chi connectivity index (χ3v) is 5.58. The number of aryl methyl sites for hydroxylation is 1. The van der Waals surface area contributed by atoms with Crippen molar-refractivity contribution in [1.82, 2.24) is 15.6 Å². The van der Waals surface area contributed by atoms with Crippen LogP contribution in [0.25, 0.3) is 0 Å². The van der Waals surface area contributed by atoms with Crippen LogP contribution < -0.4 is 10.6 Å². The van der Waals surface area contributed by atoms with E-state index >= 15 is 0 Å². The Balaban J connectivity index is 2.03. The molecule has 1 unspecified atom stereocenters. The van der Waals surface area contributed by atoms with Crippen LogP contribution in [0.2, 0.25) is 0 Å². The lowest BCUT2D eigenvalue weighted by atomic mass is 10.1. The number of hydrogen-bond acceptors (Lipinski definition) is 6. The van der Waals surface area contributed by atoms with Gasteiger partial charge in [0.15, 0.2) is 5.96 Å². The highest BCUT2D eigenvalue weighted by Gasteiger charge is 2.20. The molecule has 0 saturated carbocycles. The molecule has 2 N–H and O–H groups in total. The number of nitrogens with one attached hydrogen (secondary N) is 2. The van der Waals surface area contributed by atoms with Crippen molar-refractivity contribution in [2.45, 2.75) is 53.8 Å². The van der Waals surface area contributed by atoms with Crippen LogP contribution in [-0.4, -0.2) is 36.7 Å². The number of esters is 1. The van der Waals surface area contributed by atoms with E-state index in [1.165, 1.54) is 11.3 Å². The SMILES string of the molecule is CCNC(=NCc1ccc(COCC)cc1)NC(C)c1nc(C)c(C(=O)OCC)s1. The normalized spacial score (nSPS) is 12.5. The van der Waals surface area contributed by atoms with Gasteiger partial charge in [-0.15, -0.1) is 11.3 Å². The second kappa shape index (κ2) is 12.3. The van der Waals surface area contributed by atoms with Crippen molar-refractivity contribution in [2.24, 2.45) is 4.99 Å². The lowest BCUT2D eigenvalue weighted by molar-refractivity contribution is 0.0531. The van der Waals surface area contributed by atoms with E-state index in [0.29, 0.717) is 42.9 Å². The Kier molecular flexibility index (Phi) is 9.76. The summed E-state index contributed by atoms with van der Waals surface area (Å²) in [4.78, 5) is 21.8. The zero-order chi connectivity index (χ0) is 21.9. The minimum Gasteiger partial charge on any atom is -0.462 e. The monoisotopic (exact) mass is 432 g/mol. The van der Waals surface area contributed by atoms with Crippen LogP contribution in [0.4, 0.5) is 0 Å². The number of guanidine groups is 1. The maximum absolute atomic E-state index is 12.1. The van der Waals surface area contributed by atoms with Crippen molar-refractivity contribution in [3.63, 3.8) is 0 Å². The maximum Gasteiger partial charge on any atom is 0.350 e. The smallest absolute Gasteiger partial charge is 0.350 e. The molecule has 0 spiro atoms. The van der Waals surface area contributed by atoms with Gasteiger partial charge in [-0.05, 0) is 45.7 Å². The van der Waals surface area contributed by atoms with E-state index in [9.17, 15) is 4.79 Å². The molecule has 0 radical (unpaired) electrons. The summed E-state index contributed by atoms with van der Waals surface area (Å²) in [5, 5.41) is 7.45. The highest BCUT2D eigenvalue weighted by atomic mass is 32.1. The second-order valence-corrected chi connectivity index (χ2v) is 7.73. The molecule has 1 aromatic carbocycles. The molecule has 7 nitrogen and oxygen atoms in total. The summed E-state index contributed by atoms with van der Waals surface area (Å²) in [6.45, 7) is 12.6. The molecule has 0 aliphatic heterocycles. The summed E-state index contributed by atoms with van der Waals surface area (Å²) < 4.78 is 10.5. The Morgan fingerprint density at radius 3 is 2.50 bits per heavy atom. The molecule has 0 fully saturated rings. The topological polar surface area (TPSA) is 84.8 Å². The van der Waals surface area contributed by atoms with Crippen molar-refractivity contribution < 1.29 is 14.3 Å². The molecular weight excluding hydrogens is 400 g/mol. The van der Waals surface area contributed by atoms with Gasteiger partial charge in [-0.1, -0.05) is 24.3 Å². The summed E-state index contributed by atoms with van der Waals surface area (Å²) in [5.41, 5.74) is 2.96. The van der Waals surface area contributed by atoms with Crippen molar-refractivity contribution >= 4 is 23.3 Å². The molecule has 1 heterocycles. The highest BCUT2D eigenvalue weighted by Crippen LogP contribution is 2.24. The number of hydrogen-bond donors (Lipinski definition) is 2. The van der Waals surface area contributed by atoms with Gasteiger partial charge in [0.2, 0.25) is 0 Å². The predicted molar refractivity (Wildman–Crippen MR) is 121 cm³/mol. The second-order valence-electron chi connectivity index (χ2n) is 6.70. The molecule has 0 aliphatic rings. The van der Waals surface area contributed by atoms with Gasteiger partial charge in [0.1, 0.15) is 9.88 Å². The van der Waals surface area contributed by atoms with E-state index in [4.69, 9.17) is 9.47 Å². The Hall–Kier alpha value is -2.45. The van der Waals surface area contributed by atoms with Gasteiger partial charge in [0.25, 0.3) is 0 Å². The first-order chi connectivity index (χ1) is 14.5. The van der Waals surface area contributed by atoms with Crippen LogP contribution in [0, 0.1) is 6.92 Å². The first-order valence-electron chi connectivity index (χ1n) is 10.3. The molecular formula is C22H32N4O3S. The molecule has 30 heavy (non-hydrogen) atoms. The van der Waals surface area contributed by atoms with Crippen molar-refractivity contribution in [3.05, 3.63) is 51.0 Å². The Labute approximate surface area is 182 Å². The van der Waals surface area contributed by atoms with Crippen molar-refractivity contribution in [2.75, 3.05) is 19.8 Å². The fraction of sp³-hybridized carbons (Fsp3) is 0.500. The zero-order valence-corrected chi connectivity index (χ0v) is 19.3. The van der Waals surface area contributed by atoms with Crippen LogP contribution in [0.1, 0.15) is 65.2 Å². The lowest BCUT2D eigenvalue weighted by Crippen LogP contribution is -2.38. The number of benzene rings is 1. The van der Waals surface area contributed by atoms with E-state index in [1.54, 1.807) is 6.92 Å². The number of ether oxygens (including phenoxy) is 2. The van der Waals surface area contributed by atoms with Crippen LogP contribution in [0.15, 0.2) is 29.3 Å². The molecule has 0 bridgehead atoms. The fourth-order valence-corrected chi connectivity index (χ4v) is 3.67. The Bertz CT molecular complexity index is 833. The number of nitrogens with zero attached hydrogens (tertiary/aromatic N) is 2. The fourth-order valence-electron chi connectivity index (χ4n) is 2.71. The van der Waals surface area contributed by atoms with Gasteiger partial charge in [0.05, 0.1) is 31.5 Å². The lowest BCUT2D eigenvalue weighted by Gasteiger charge is -2.16. The first kappa shape index (κ1) is 23.8. The van der Waals surface area contributed by atoms with Gasteiger partial charge in [-0.25, -0.2) is 14.8 Å². The minimum atomic E-state index is -0.320. The number of carbonyl (C=O) groups is 1. The van der Waals surface area contributed by atoms with Crippen LogP contribution in [0.5, 0.6) is 0 Å². The number of aliphatic imine (C=N–C) groups is 1. The third kappa shape index (κ3) is 7.11. The summed E-state index contributed by atoms with van der Waals surface area (Å²) in [7, 11) is 0. The van der Waals surface area contributed by atoms with Gasteiger partial charge >= 0.3 is 5.97 Å². The molecule has 0 amide bonds.